The predicted molar refractivity (Wildman–Crippen MR) is 62.2 cm³/mol. The van der Waals surface area contributed by atoms with Crippen molar-refractivity contribution >= 4 is 15.9 Å². The molecule has 1 unspecified atom stereocenters. The molecular formula is C12H15BrF2. The third-order valence-corrected chi connectivity index (χ3v) is 4.18. The summed E-state index contributed by atoms with van der Waals surface area (Å²) in [5.74, 6) is -0.986. The van der Waals surface area contributed by atoms with E-state index >= 15 is 0 Å². The SMILES string of the molecule is Cc1cc(C(Br)C(C)(C)C)c(F)cc1F. The van der Waals surface area contributed by atoms with Crippen molar-refractivity contribution < 1.29 is 8.78 Å². The van der Waals surface area contributed by atoms with E-state index in [1.807, 2.05) is 20.8 Å². The molecule has 1 atom stereocenters. The highest BCUT2D eigenvalue weighted by atomic mass is 79.9. The minimum atomic E-state index is -0.496. The molecule has 0 radical (unpaired) electrons. The zero-order valence-electron chi connectivity index (χ0n) is 9.37. The van der Waals surface area contributed by atoms with Crippen molar-refractivity contribution in [2.45, 2.75) is 32.5 Å². The molecule has 0 nitrogen and oxygen atoms in total. The number of aryl methyl sites for hydroxylation is 1. The minimum Gasteiger partial charge on any atom is -0.207 e. The molecule has 0 spiro atoms. The molecule has 0 bridgehead atoms. The second-order valence-corrected chi connectivity index (χ2v) is 5.77. The van der Waals surface area contributed by atoms with Crippen LogP contribution in [-0.2, 0) is 0 Å². The first-order chi connectivity index (χ1) is 6.73. The average Bonchev–Trinajstić information content (AvgIpc) is 2.08. The van der Waals surface area contributed by atoms with Crippen LogP contribution in [0.4, 0.5) is 8.78 Å². The maximum absolute atomic E-state index is 13.5. The van der Waals surface area contributed by atoms with Gasteiger partial charge in [-0.15, -0.1) is 0 Å². The number of benzene rings is 1. The van der Waals surface area contributed by atoms with Gasteiger partial charge in [0.15, 0.2) is 0 Å². The molecule has 0 saturated heterocycles. The number of rotatable bonds is 1. The molecule has 84 valence electrons. The first-order valence-corrected chi connectivity index (χ1v) is 5.74. The fourth-order valence-electron chi connectivity index (χ4n) is 1.34. The molecular weight excluding hydrogens is 262 g/mol. The Morgan fingerprint density at radius 2 is 1.67 bits per heavy atom. The number of hydrogen-bond acceptors (Lipinski definition) is 0. The van der Waals surface area contributed by atoms with Gasteiger partial charge in [0.2, 0.25) is 0 Å². The quantitative estimate of drug-likeness (QED) is 0.649. The van der Waals surface area contributed by atoms with Gasteiger partial charge in [-0.3, -0.25) is 0 Å². The lowest BCUT2D eigenvalue weighted by Crippen LogP contribution is -2.14. The summed E-state index contributed by atoms with van der Waals surface area (Å²) in [4.78, 5) is -0.121. The lowest BCUT2D eigenvalue weighted by molar-refractivity contribution is 0.397. The van der Waals surface area contributed by atoms with Crippen LogP contribution in [0.25, 0.3) is 0 Å². The molecule has 0 aliphatic carbocycles. The summed E-state index contributed by atoms with van der Waals surface area (Å²) >= 11 is 3.45. The van der Waals surface area contributed by atoms with Crippen LogP contribution in [0.1, 0.15) is 36.7 Å². The van der Waals surface area contributed by atoms with Gasteiger partial charge in [0.25, 0.3) is 0 Å². The number of hydrogen-bond donors (Lipinski definition) is 0. The molecule has 1 aromatic carbocycles. The summed E-state index contributed by atoms with van der Waals surface area (Å²) in [5.41, 5.74) is 0.881. The standard InChI is InChI=1S/C12H15BrF2/c1-7-5-8(10(15)6-9(7)14)11(13)12(2,3)4/h5-6,11H,1-4H3. The molecule has 0 saturated carbocycles. The molecule has 0 fully saturated rings. The molecule has 15 heavy (non-hydrogen) atoms. The van der Waals surface area contributed by atoms with Gasteiger partial charge in [-0.1, -0.05) is 36.7 Å². The van der Waals surface area contributed by atoms with E-state index in [1.165, 1.54) is 0 Å². The topological polar surface area (TPSA) is 0 Å². The number of alkyl halides is 1. The fraction of sp³-hybridized carbons (Fsp3) is 0.500. The molecule has 0 aliphatic rings. The van der Waals surface area contributed by atoms with Crippen molar-refractivity contribution in [2.24, 2.45) is 5.41 Å². The summed E-state index contributed by atoms with van der Waals surface area (Å²) in [7, 11) is 0. The van der Waals surface area contributed by atoms with Crippen LogP contribution in [-0.4, -0.2) is 0 Å². The first-order valence-electron chi connectivity index (χ1n) is 4.83. The summed E-state index contributed by atoms with van der Waals surface area (Å²) in [6, 6.07) is 2.51. The van der Waals surface area contributed by atoms with Gasteiger partial charge >= 0.3 is 0 Å². The molecule has 3 heteroatoms. The molecule has 0 N–H and O–H groups in total. The Balaban J connectivity index is 3.21. The predicted octanol–water partition coefficient (Wildman–Crippen LogP) is 4.76. The largest absolute Gasteiger partial charge is 0.207 e. The monoisotopic (exact) mass is 276 g/mol. The third kappa shape index (κ3) is 2.77. The van der Waals surface area contributed by atoms with Crippen LogP contribution >= 0.6 is 15.9 Å². The Labute approximate surface area is 97.8 Å². The van der Waals surface area contributed by atoms with E-state index in [2.05, 4.69) is 15.9 Å². The molecule has 1 aromatic rings. The normalized spacial score (nSPS) is 14.1. The van der Waals surface area contributed by atoms with Gasteiger partial charge in [-0.05, 0) is 24.0 Å². The number of halogens is 3. The average molecular weight is 277 g/mol. The van der Waals surface area contributed by atoms with Gasteiger partial charge in [0, 0.05) is 16.5 Å². The maximum atomic E-state index is 13.5. The fourth-order valence-corrected chi connectivity index (χ4v) is 1.69. The summed E-state index contributed by atoms with van der Waals surface area (Å²) in [6.45, 7) is 7.65. The minimum absolute atomic E-state index is 0.106. The lowest BCUT2D eigenvalue weighted by Gasteiger charge is -2.26. The van der Waals surface area contributed by atoms with Crippen LogP contribution in [0.3, 0.4) is 0 Å². The Morgan fingerprint density at radius 3 is 2.13 bits per heavy atom. The zero-order valence-corrected chi connectivity index (χ0v) is 11.0. The van der Waals surface area contributed by atoms with Crippen molar-refractivity contribution in [2.75, 3.05) is 0 Å². The second kappa shape index (κ2) is 4.20. The lowest BCUT2D eigenvalue weighted by atomic mass is 9.87. The van der Waals surface area contributed by atoms with Gasteiger partial charge in [-0.2, -0.15) is 0 Å². The van der Waals surface area contributed by atoms with E-state index in [-0.39, 0.29) is 10.2 Å². The first kappa shape index (κ1) is 12.6. The molecule has 0 aliphatic heterocycles. The Morgan fingerprint density at radius 1 is 1.13 bits per heavy atom. The second-order valence-electron chi connectivity index (χ2n) is 4.85. The van der Waals surface area contributed by atoms with E-state index in [0.717, 1.165) is 6.07 Å². The molecule has 1 rings (SSSR count). The Hall–Kier alpha value is -0.440. The van der Waals surface area contributed by atoms with E-state index in [4.69, 9.17) is 0 Å². The highest BCUT2D eigenvalue weighted by Crippen LogP contribution is 2.41. The van der Waals surface area contributed by atoms with Gasteiger partial charge < -0.3 is 0 Å². The highest BCUT2D eigenvalue weighted by molar-refractivity contribution is 9.09. The summed E-state index contributed by atoms with van der Waals surface area (Å²) in [5, 5.41) is 0. The van der Waals surface area contributed by atoms with Gasteiger partial charge in [-0.25, -0.2) is 8.78 Å². The van der Waals surface area contributed by atoms with Crippen LogP contribution in [0.2, 0.25) is 0 Å². The van der Waals surface area contributed by atoms with Crippen LogP contribution in [0.5, 0.6) is 0 Å². The van der Waals surface area contributed by atoms with E-state index < -0.39 is 11.6 Å². The van der Waals surface area contributed by atoms with Gasteiger partial charge in [0.1, 0.15) is 11.6 Å². The van der Waals surface area contributed by atoms with E-state index in [9.17, 15) is 8.78 Å². The van der Waals surface area contributed by atoms with Crippen LogP contribution in [0, 0.1) is 24.0 Å². The summed E-state index contributed by atoms with van der Waals surface area (Å²) < 4.78 is 26.6. The third-order valence-electron chi connectivity index (χ3n) is 2.31. The van der Waals surface area contributed by atoms with Crippen LogP contribution < -0.4 is 0 Å². The maximum Gasteiger partial charge on any atom is 0.130 e. The van der Waals surface area contributed by atoms with E-state index in [0.29, 0.717) is 11.1 Å². The Bertz CT molecular complexity index is 367. The zero-order chi connectivity index (χ0) is 11.8. The van der Waals surface area contributed by atoms with Crippen molar-refractivity contribution in [3.63, 3.8) is 0 Å². The molecule has 0 amide bonds. The van der Waals surface area contributed by atoms with Crippen molar-refractivity contribution in [3.8, 4) is 0 Å². The molecule has 0 heterocycles. The molecule has 0 aromatic heterocycles. The highest BCUT2D eigenvalue weighted by Gasteiger charge is 2.26. The van der Waals surface area contributed by atoms with E-state index in [1.54, 1.807) is 13.0 Å². The Kier molecular flexibility index (Phi) is 3.54. The smallest absolute Gasteiger partial charge is 0.130 e. The van der Waals surface area contributed by atoms with Crippen LogP contribution in [0.15, 0.2) is 12.1 Å². The van der Waals surface area contributed by atoms with Crippen molar-refractivity contribution in [1.29, 1.82) is 0 Å². The summed E-state index contributed by atoms with van der Waals surface area (Å²) in [6.07, 6.45) is 0. The van der Waals surface area contributed by atoms with Crippen molar-refractivity contribution in [3.05, 3.63) is 34.9 Å². The van der Waals surface area contributed by atoms with Crippen molar-refractivity contribution in [1.82, 2.24) is 0 Å². The van der Waals surface area contributed by atoms with Gasteiger partial charge in [0.05, 0.1) is 0 Å².